The average molecular weight is 558 g/mol. The van der Waals surface area contributed by atoms with Crippen molar-refractivity contribution in [1.29, 1.82) is 0 Å². The van der Waals surface area contributed by atoms with Gasteiger partial charge >= 0.3 is 12.1 Å². The van der Waals surface area contributed by atoms with E-state index < -0.39 is 12.1 Å². The molecule has 9 nitrogen and oxygen atoms in total. The van der Waals surface area contributed by atoms with E-state index in [1.165, 1.54) is 12.8 Å². The van der Waals surface area contributed by atoms with Crippen LogP contribution in [0.2, 0.25) is 0 Å². The topological polar surface area (TPSA) is 128 Å². The lowest BCUT2D eigenvalue weighted by atomic mass is 10.0. The molecule has 1 fully saturated rings. The molecule has 2 aliphatic rings. The van der Waals surface area contributed by atoms with E-state index in [-0.39, 0.29) is 17.9 Å². The lowest BCUT2D eigenvalue weighted by Gasteiger charge is -2.23. The molecule has 1 atom stereocenters. The van der Waals surface area contributed by atoms with Crippen molar-refractivity contribution in [2.75, 3.05) is 0 Å². The van der Waals surface area contributed by atoms with E-state index in [1.807, 2.05) is 49.9 Å². The Morgan fingerprint density at radius 3 is 2.38 bits per heavy atom. The van der Waals surface area contributed by atoms with Crippen molar-refractivity contribution in [3.63, 3.8) is 0 Å². The van der Waals surface area contributed by atoms with Crippen LogP contribution in [0.3, 0.4) is 0 Å². The Morgan fingerprint density at radius 1 is 1.12 bits per heavy atom. The number of hydrogen-bond acceptors (Lipinski definition) is 5. The fourth-order valence-corrected chi connectivity index (χ4v) is 4.56. The smallest absolute Gasteiger partial charge is 0.475 e. The monoisotopic (exact) mass is 557 g/mol. The van der Waals surface area contributed by atoms with Crippen LogP contribution in [-0.4, -0.2) is 61.0 Å². The van der Waals surface area contributed by atoms with Gasteiger partial charge in [0.1, 0.15) is 11.4 Å². The van der Waals surface area contributed by atoms with Gasteiger partial charge in [-0.2, -0.15) is 13.2 Å². The molecule has 212 valence electrons. The summed E-state index contributed by atoms with van der Waals surface area (Å²) in [6, 6.07) is 10.3. The second kappa shape index (κ2) is 11.1. The van der Waals surface area contributed by atoms with Crippen LogP contribution in [0, 0.1) is 12.8 Å². The molecule has 12 heteroatoms. The van der Waals surface area contributed by atoms with Gasteiger partial charge in [-0.25, -0.2) is 9.78 Å². The molecule has 40 heavy (non-hydrogen) atoms. The van der Waals surface area contributed by atoms with Crippen molar-refractivity contribution in [2.24, 2.45) is 5.92 Å². The van der Waals surface area contributed by atoms with Crippen LogP contribution in [0.15, 0.2) is 36.5 Å². The minimum Gasteiger partial charge on any atom is -0.475 e. The number of alkyl halides is 3. The third-order valence-corrected chi connectivity index (χ3v) is 6.83. The standard InChI is InChI=1S/C26H29N5O2.C2HF3O2/c1-14(2)28-25(32)23-15(3)29-24(30-23)22-12-19(9-10-27-22)18-7-8-21-20(11-18)13-31(26(21)33)16(4)17-5-6-17;3-2(4,5)1(6)7/h7-12,14,16-17H,5-6,13H2,1-4H3,(H,28,32)(H,29,30);(H,6,7). The molecule has 1 unspecified atom stereocenters. The molecule has 3 heterocycles. The number of aliphatic carboxylic acids is 1. The zero-order chi connectivity index (χ0) is 29.4. The first kappa shape index (κ1) is 28.8. The Balaban J connectivity index is 0.000000470. The number of rotatable bonds is 6. The van der Waals surface area contributed by atoms with Crippen LogP contribution in [0.4, 0.5) is 13.2 Å². The SMILES string of the molecule is Cc1[nH]c(-c2cc(-c3ccc4c(c3)CN(C(C)C3CC3)C4=O)ccn2)nc1C(=O)NC(C)C.O=C(O)C(F)(F)F. The summed E-state index contributed by atoms with van der Waals surface area (Å²) >= 11 is 0. The number of H-pyrrole nitrogens is 1. The summed E-state index contributed by atoms with van der Waals surface area (Å²) in [7, 11) is 0. The lowest BCUT2D eigenvalue weighted by molar-refractivity contribution is -0.192. The Bertz CT molecular complexity index is 1450. The van der Waals surface area contributed by atoms with Crippen molar-refractivity contribution in [2.45, 2.75) is 65.3 Å². The number of carboxylic acids is 1. The largest absolute Gasteiger partial charge is 0.490 e. The van der Waals surface area contributed by atoms with Gasteiger partial charge in [-0.05, 0) is 87.4 Å². The molecule has 2 aromatic heterocycles. The van der Waals surface area contributed by atoms with Gasteiger partial charge in [0.2, 0.25) is 0 Å². The normalized spacial score (nSPS) is 15.4. The summed E-state index contributed by atoms with van der Waals surface area (Å²) < 4.78 is 31.7. The molecule has 5 rings (SSSR count). The average Bonchev–Trinajstić information content (AvgIpc) is 3.59. The summed E-state index contributed by atoms with van der Waals surface area (Å²) in [5.41, 5.74) is 5.66. The van der Waals surface area contributed by atoms with Gasteiger partial charge in [-0.1, -0.05) is 6.07 Å². The highest BCUT2D eigenvalue weighted by Crippen LogP contribution is 2.39. The van der Waals surface area contributed by atoms with E-state index in [2.05, 4.69) is 33.3 Å². The number of carbonyl (C=O) groups is 3. The summed E-state index contributed by atoms with van der Waals surface area (Å²) in [4.78, 5) is 48.4. The highest BCUT2D eigenvalue weighted by atomic mass is 19.4. The maximum atomic E-state index is 12.9. The van der Waals surface area contributed by atoms with Crippen LogP contribution in [0.1, 0.15) is 65.7 Å². The number of pyridine rings is 1. The quantitative estimate of drug-likeness (QED) is 0.393. The van der Waals surface area contributed by atoms with E-state index in [4.69, 9.17) is 9.90 Å². The highest BCUT2D eigenvalue weighted by molar-refractivity contribution is 5.99. The van der Waals surface area contributed by atoms with Gasteiger partial charge in [-0.15, -0.1) is 0 Å². The Kier molecular flexibility index (Phi) is 7.99. The molecule has 0 bridgehead atoms. The maximum absolute atomic E-state index is 12.9. The van der Waals surface area contributed by atoms with Crippen LogP contribution in [-0.2, 0) is 11.3 Å². The number of imidazole rings is 1. The predicted octanol–water partition coefficient (Wildman–Crippen LogP) is 4.97. The van der Waals surface area contributed by atoms with Crippen LogP contribution in [0.5, 0.6) is 0 Å². The molecular formula is C28H30F3N5O4. The zero-order valence-electron chi connectivity index (χ0n) is 22.5. The number of nitrogens with zero attached hydrogens (tertiary/aromatic N) is 3. The lowest BCUT2D eigenvalue weighted by Crippen LogP contribution is -2.34. The maximum Gasteiger partial charge on any atom is 0.490 e. The first-order valence-electron chi connectivity index (χ1n) is 12.8. The van der Waals surface area contributed by atoms with Crippen molar-refractivity contribution in [1.82, 2.24) is 25.2 Å². The summed E-state index contributed by atoms with van der Waals surface area (Å²) in [6.45, 7) is 8.51. The summed E-state index contributed by atoms with van der Waals surface area (Å²) in [6.07, 6.45) is -0.894. The third kappa shape index (κ3) is 6.32. The van der Waals surface area contributed by atoms with E-state index in [9.17, 15) is 22.8 Å². The minimum atomic E-state index is -5.08. The third-order valence-electron chi connectivity index (χ3n) is 6.83. The molecular weight excluding hydrogens is 527 g/mol. The molecule has 0 spiro atoms. The van der Waals surface area contributed by atoms with Gasteiger partial charge in [0.05, 0.1) is 0 Å². The Hall–Kier alpha value is -4.22. The van der Waals surface area contributed by atoms with E-state index in [0.717, 1.165) is 22.3 Å². The first-order valence-corrected chi connectivity index (χ1v) is 12.8. The second-order valence-electron chi connectivity index (χ2n) is 10.3. The second-order valence-corrected chi connectivity index (χ2v) is 10.3. The Morgan fingerprint density at radius 2 is 1.77 bits per heavy atom. The number of nitrogens with one attached hydrogen (secondary N) is 2. The van der Waals surface area contributed by atoms with E-state index >= 15 is 0 Å². The molecule has 1 aliphatic carbocycles. The van der Waals surface area contributed by atoms with Crippen molar-refractivity contribution in [3.05, 3.63) is 59.0 Å². The van der Waals surface area contributed by atoms with E-state index in [1.54, 1.807) is 6.20 Å². The van der Waals surface area contributed by atoms with Crippen LogP contribution < -0.4 is 5.32 Å². The molecule has 1 aliphatic heterocycles. The van der Waals surface area contributed by atoms with Gasteiger partial charge in [0.15, 0.2) is 5.82 Å². The van der Waals surface area contributed by atoms with Crippen molar-refractivity contribution in [3.8, 4) is 22.6 Å². The molecule has 1 saturated carbocycles. The molecule has 0 saturated heterocycles. The van der Waals surface area contributed by atoms with Crippen LogP contribution >= 0.6 is 0 Å². The fraction of sp³-hybridized carbons (Fsp3) is 0.393. The summed E-state index contributed by atoms with van der Waals surface area (Å²) in [5.74, 6) is -1.61. The Labute approximate surface area is 228 Å². The van der Waals surface area contributed by atoms with Crippen molar-refractivity contribution >= 4 is 17.8 Å². The molecule has 2 amide bonds. The number of fused-ring (bicyclic) bond motifs is 1. The predicted molar refractivity (Wildman–Crippen MR) is 140 cm³/mol. The number of aromatic amines is 1. The minimum absolute atomic E-state index is 0.0355. The number of carbonyl (C=O) groups excluding carboxylic acids is 2. The fourth-order valence-electron chi connectivity index (χ4n) is 4.56. The number of hydrogen-bond donors (Lipinski definition) is 3. The zero-order valence-corrected chi connectivity index (χ0v) is 22.5. The molecule has 0 radical (unpaired) electrons. The van der Waals surface area contributed by atoms with Crippen LogP contribution in [0.25, 0.3) is 22.6 Å². The summed E-state index contributed by atoms with van der Waals surface area (Å²) in [5, 5.41) is 10.0. The number of aromatic nitrogens is 3. The number of benzene rings is 1. The molecule has 1 aromatic carbocycles. The van der Waals surface area contributed by atoms with Gasteiger partial charge in [0, 0.05) is 36.1 Å². The number of carboxylic acid groups (broad SMARTS) is 1. The number of halogens is 3. The molecule has 3 N–H and O–H groups in total. The highest BCUT2D eigenvalue weighted by Gasteiger charge is 2.39. The first-order chi connectivity index (χ1) is 18.8. The van der Waals surface area contributed by atoms with Gasteiger partial charge < -0.3 is 20.3 Å². The van der Waals surface area contributed by atoms with Gasteiger partial charge in [0.25, 0.3) is 11.8 Å². The van der Waals surface area contributed by atoms with Crippen molar-refractivity contribution < 1.29 is 32.7 Å². The number of amides is 2. The van der Waals surface area contributed by atoms with Gasteiger partial charge in [-0.3, -0.25) is 14.6 Å². The number of aryl methyl sites for hydroxylation is 1. The van der Waals surface area contributed by atoms with E-state index in [0.29, 0.717) is 41.4 Å². The molecule has 3 aromatic rings.